The molecule has 0 amide bonds. The molecule has 0 aliphatic carbocycles. The Morgan fingerprint density at radius 1 is 1.18 bits per heavy atom. The molecule has 1 heterocycles. The molecule has 1 aliphatic rings. The van der Waals surface area contributed by atoms with Gasteiger partial charge in [0, 0.05) is 7.11 Å². The van der Waals surface area contributed by atoms with E-state index in [4.69, 9.17) is 9.47 Å². The van der Waals surface area contributed by atoms with Crippen molar-refractivity contribution in [3.8, 4) is 5.75 Å². The van der Waals surface area contributed by atoms with Crippen LogP contribution in [0.15, 0.2) is 18.2 Å². The molecule has 126 valence electrons. The highest BCUT2D eigenvalue weighted by Gasteiger charge is 2.36. The van der Waals surface area contributed by atoms with Gasteiger partial charge in [-0.15, -0.1) is 12.4 Å². The quantitative estimate of drug-likeness (QED) is 0.831. The summed E-state index contributed by atoms with van der Waals surface area (Å²) in [7, 11) is 1.52. The van der Waals surface area contributed by atoms with Crippen molar-refractivity contribution in [1.29, 1.82) is 0 Å². The Labute approximate surface area is 134 Å². The van der Waals surface area contributed by atoms with Crippen LogP contribution in [-0.4, -0.2) is 33.4 Å². The Morgan fingerprint density at radius 2 is 1.86 bits per heavy atom. The first-order chi connectivity index (χ1) is 10.0. The molecular weight excluding hydrogens is 319 g/mol. The summed E-state index contributed by atoms with van der Waals surface area (Å²) in [6.45, 7) is 2.10. The van der Waals surface area contributed by atoms with E-state index in [-0.39, 0.29) is 30.7 Å². The highest BCUT2D eigenvalue weighted by molar-refractivity contribution is 5.85. The van der Waals surface area contributed by atoms with Crippen molar-refractivity contribution in [3.63, 3.8) is 0 Å². The molecule has 0 radical (unpaired) electrons. The third-order valence-electron chi connectivity index (χ3n) is 3.67. The molecule has 0 aromatic heterocycles. The Kier molecular flexibility index (Phi) is 7.45. The van der Waals surface area contributed by atoms with Crippen molar-refractivity contribution in [1.82, 2.24) is 5.32 Å². The van der Waals surface area contributed by atoms with Gasteiger partial charge in [-0.05, 0) is 49.5 Å². The van der Waals surface area contributed by atoms with Crippen LogP contribution in [-0.2, 0) is 10.9 Å². The predicted molar refractivity (Wildman–Crippen MR) is 80.9 cm³/mol. The molecular formula is C15H21ClF3NO2. The van der Waals surface area contributed by atoms with E-state index in [2.05, 4.69) is 5.32 Å². The lowest BCUT2D eigenvalue weighted by Crippen LogP contribution is -2.27. The highest BCUT2D eigenvalue weighted by Crippen LogP contribution is 2.39. The van der Waals surface area contributed by atoms with Crippen LogP contribution in [0, 0.1) is 0 Å². The Hall–Kier alpha value is -0.980. The van der Waals surface area contributed by atoms with Crippen molar-refractivity contribution < 1.29 is 22.6 Å². The molecule has 1 aromatic carbocycles. The first kappa shape index (κ1) is 19.1. The zero-order valence-electron chi connectivity index (χ0n) is 12.4. The molecule has 7 heteroatoms. The molecule has 1 fully saturated rings. The average molecular weight is 340 g/mol. The summed E-state index contributed by atoms with van der Waals surface area (Å²) in [5.41, 5.74) is -0.201. The van der Waals surface area contributed by atoms with Crippen molar-refractivity contribution in [2.45, 2.75) is 24.9 Å². The van der Waals surface area contributed by atoms with Crippen LogP contribution >= 0.6 is 12.4 Å². The minimum Gasteiger partial charge on any atom is -0.491 e. The maximum absolute atomic E-state index is 13.3. The minimum atomic E-state index is -4.36. The second-order valence-electron chi connectivity index (χ2n) is 5.11. The summed E-state index contributed by atoms with van der Waals surface area (Å²) >= 11 is 0. The van der Waals surface area contributed by atoms with E-state index in [0.717, 1.165) is 32.0 Å². The lowest BCUT2D eigenvalue weighted by Gasteiger charge is -2.26. The molecule has 1 N–H and O–H groups in total. The third kappa shape index (κ3) is 5.04. The molecule has 2 rings (SSSR count). The van der Waals surface area contributed by atoms with E-state index in [0.29, 0.717) is 12.2 Å². The number of alkyl halides is 3. The normalized spacial score (nSPS) is 16.2. The van der Waals surface area contributed by atoms with E-state index in [9.17, 15) is 13.2 Å². The maximum atomic E-state index is 13.3. The van der Waals surface area contributed by atoms with Crippen LogP contribution in [0.4, 0.5) is 13.2 Å². The minimum absolute atomic E-state index is 0. The highest BCUT2D eigenvalue weighted by atomic mass is 35.5. The Bertz CT molecular complexity index is 463. The summed E-state index contributed by atoms with van der Waals surface area (Å²) in [6, 6.07) is 4.27. The number of benzene rings is 1. The van der Waals surface area contributed by atoms with Crippen molar-refractivity contribution >= 4 is 12.4 Å². The second kappa shape index (κ2) is 8.60. The molecule has 0 spiro atoms. The Morgan fingerprint density at radius 3 is 2.45 bits per heavy atom. The number of hydrogen-bond acceptors (Lipinski definition) is 3. The van der Waals surface area contributed by atoms with Gasteiger partial charge in [-0.3, -0.25) is 0 Å². The fraction of sp³-hybridized carbons (Fsp3) is 0.600. The molecule has 1 aliphatic heterocycles. The van der Waals surface area contributed by atoms with Crippen LogP contribution in [0.25, 0.3) is 0 Å². The first-order valence-electron chi connectivity index (χ1n) is 7.06. The number of hydrogen-bond donors (Lipinski definition) is 1. The molecule has 0 bridgehead atoms. The lowest BCUT2D eigenvalue weighted by molar-refractivity contribution is -0.138. The fourth-order valence-electron chi connectivity index (χ4n) is 2.60. The zero-order chi connectivity index (χ0) is 15.3. The first-order valence-corrected chi connectivity index (χ1v) is 7.06. The lowest BCUT2D eigenvalue weighted by atomic mass is 9.87. The van der Waals surface area contributed by atoms with E-state index in [1.54, 1.807) is 12.1 Å². The van der Waals surface area contributed by atoms with Crippen molar-refractivity contribution in [2.24, 2.45) is 0 Å². The largest absolute Gasteiger partial charge is 0.491 e. The number of ether oxygens (including phenoxy) is 2. The molecule has 1 aromatic rings. The molecule has 1 saturated heterocycles. The smallest absolute Gasteiger partial charge is 0.416 e. The summed E-state index contributed by atoms with van der Waals surface area (Å²) in [4.78, 5) is 0. The average Bonchev–Trinajstić information content (AvgIpc) is 2.47. The monoisotopic (exact) mass is 339 g/mol. The van der Waals surface area contributed by atoms with Crippen molar-refractivity contribution in [3.05, 3.63) is 29.3 Å². The van der Waals surface area contributed by atoms with Gasteiger partial charge in [-0.25, -0.2) is 0 Å². The van der Waals surface area contributed by atoms with Gasteiger partial charge in [-0.1, -0.05) is 6.07 Å². The van der Waals surface area contributed by atoms with Gasteiger partial charge in [0.2, 0.25) is 0 Å². The summed E-state index contributed by atoms with van der Waals surface area (Å²) in [6.07, 6.45) is -2.90. The van der Waals surface area contributed by atoms with Gasteiger partial charge < -0.3 is 14.8 Å². The van der Waals surface area contributed by atoms with Gasteiger partial charge in [-0.2, -0.15) is 13.2 Å². The van der Waals surface area contributed by atoms with Crippen LogP contribution < -0.4 is 10.1 Å². The van der Waals surface area contributed by atoms with Gasteiger partial charge >= 0.3 is 6.18 Å². The molecule has 22 heavy (non-hydrogen) atoms. The fourth-order valence-corrected chi connectivity index (χ4v) is 2.60. The second-order valence-corrected chi connectivity index (χ2v) is 5.11. The van der Waals surface area contributed by atoms with Crippen molar-refractivity contribution in [2.75, 3.05) is 33.4 Å². The van der Waals surface area contributed by atoms with Gasteiger partial charge in [0.05, 0.1) is 12.2 Å². The Balaban J connectivity index is 0.00000242. The molecule has 3 nitrogen and oxygen atoms in total. The number of piperidine rings is 1. The topological polar surface area (TPSA) is 30.5 Å². The maximum Gasteiger partial charge on any atom is 0.416 e. The SMILES string of the molecule is COCCOc1ccc(C2CCNCC2)c(C(F)(F)F)c1.Cl. The molecule has 0 unspecified atom stereocenters. The van der Waals surface area contributed by atoms with Gasteiger partial charge in [0.25, 0.3) is 0 Å². The summed E-state index contributed by atoms with van der Waals surface area (Å²) < 4.78 is 49.9. The van der Waals surface area contributed by atoms with Gasteiger partial charge in [0.15, 0.2) is 0 Å². The number of nitrogens with one attached hydrogen (secondary N) is 1. The molecule has 0 atom stereocenters. The van der Waals surface area contributed by atoms with Crippen LogP contribution in [0.2, 0.25) is 0 Å². The standard InChI is InChI=1S/C15H20F3NO2.ClH/c1-20-8-9-21-12-2-3-13(11-4-6-19-7-5-11)14(10-12)15(16,17)18;/h2-3,10-11,19H,4-9H2,1H3;1H. The van der Waals surface area contributed by atoms with E-state index < -0.39 is 11.7 Å². The van der Waals surface area contributed by atoms with Gasteiger partial charge in [0.1, 0.15) is 12.4 Å². The summed E-state index contributed by atoms with van der Waals surface area (Å²) in [5, 5.41) is 3.17. The van der Waals surface area contributed by atoms with E-state index in [1.807, 2.05) is 0 Å². The molecule has 0 saturated carbocycles. The van der Waals surface area contributed by atoms with E-state index in [1.165, 1.54) is 7.11 Å². The number of methoxy groups -OCH3 is 1. The van der Waals surface area contributed by atoms with Crippen LogP contribution in [0.3, 0.4) is 0 Å². The van der Waals surface area contributed by atoms with Crippen LogP contribution in [0.1, 0.15) is 29.9 Å². The van der Waals surface area contributed by atoms with Crippen LogP contribution in [0.5, 0.6) is 5.75 Å². The zero-order valence-corrected chi connectivity index (χ0v) is 13.2. The number of rotatable bonds is 5. The predicted octanol–water partition coefficient (Wildman–Crippen LogP) is 3.62. The third-order valence-corrected chi connectivity index (χ3v) is 3.67. The van der Waals surface area contributed by atoms with E-state index >= 15 is 0 Å². The number of halogens is 4. The summed E-state index contributed by atoms with van der Waals surface area (Å²) in [5.74, 6) is 0.188.